The molecule has 2 rings (SSSR count). The zero-order chi connectivity index (χ0) is 20.0. The Morgan fingerprint density at radius 1 is 1.07 bits per heavy atom. The summed E-state index contributed by atoms with van der Waals surface area (Å²) >= 11 is 0. The van der Waals surface area contributed by atoms with E-state index in [9.17, 15) is 18.0 Å². The Balaban J connectivity index is 2.12. The van der Waals surface area contributed by atoms with Gasteiger partial charge in [0, 0.05) is 17.6 Å². The first kappa shape index (κ1) is 19.6. The normalized spacial score (nSPS) is 11.3. The van der Waals surface area contributed by atoms with Crippen LogP contribution in [-0.2, 0) is 14.9 Å². The third-order valence-corrected chi connectivity index (χ3v) is 4.12. The molecule has 0 heterocycles. The van der Waals surface area contributed by atoms with Crippen molar-refractivity contribution in [1.29, 1.82) is 5.26 Å². The zero-order valence-electron chi connectivity index (χ0n) is 13.6. The van der Waals surface area contributed by atoms with Gasteiger partial charge in [0.1, 0.15) is 11.6 Å². The molecule has 0 saturated carbocycles. The number of rotatable bonds is 6. The summed E-state index contributed by atoms with van der Waals surface area (Å²) in [6.45, 7) is 0. The second-order valence-corrected chi connectivity index (χ2v) is 6.58. The minimum Gasteiger partial charge on any atom is -0.478 e. The summed E-state index contributed by atoms with van der Waals surface area (Å²) in [4.78, 5) is 22.5. The second kappa shape index (κ2) is 8.13. The quantitative estimate of drug-likeness (QED) is 0.333. The molecule has 4 N–H and O–H groups in total. The number of nitriles is 1. The van der Waals surface area contributed by atoms with Crippen molar-refractivity contribution in [2.24, 2.45) is 0 Å². The first-order valence-corrected chi connectivity index (χ1v) is 8.74. The van der Waals surface area contributed by atoms with Crippen LogP contribution in [0.2, 0.25) is 0 Å². The molecular weight excluding hydrogens is 374 g/mol. The number of carbonyl (C=O) groups is 2. The number of benzene rings is 2. The molecule has 0 aromatic heterocycles. The molecular formula is C17H13N3O6S. The maximum absolute atomic E-state index is 12.1. The summed E-state index contributed by atoms with van der Waals surface area (Å²) in [5.41, 5.74) is 0.298. The lowest BCUT2D eigenvalue weighted by Gasteiger charge is -2.06. The van der Waals surface area contributed by atoms with Crippen molar-refractivity contribution in [3.05, 3.63) is 65.9 Å². The molecule has 10 heteroatoms. The highest BCUT2D eigenvalue weighted by Gasteiger charge is 2.13. The van der Waals surface area contributed by atoms with E-state index in [2.05, 4.69) is 10.6 Å². The van der Waals surface area contributed by atoms with E-state index in [1.54, 1.807) is 6.07 Å². The first-order valence-electron chi connectivity index (χ1n) is 7.30. The maximum Gasteiger partial charge on any atom is 0.335 e. The number of amides is 1. The monoisotopic (exact) mass is 387 g/mol. The van der Waals surface area contributed by atoms with Gasteiger partial charge >= 0.3 is 5.97 Å². The van der Waals surface area contributed by atoms with Crippen LogP contribution in [0.15, 0.2) is 65.2 Å². The van der Waals surface area contributed by atoms with Gasteiger partial charge in [0.05, 0.1) is 10.5 Å². The number of carboxylic acids is 1. The molecule has 2 aromatic carbocycles. The Bertz CT molecular complexity index is 1050. The summed E-state index contributed by atoms with van der Waals surface area (Å²) in [5, 5.41) is 23.0. The summed E-state index contributed by atoms with van der Waals surface area (Å²) in [6.07, 6.45) is 1.12. The number of carboxylic acid groups (broad SMARTS) is 1. The number of nitrogens with zero attached hydrogens (tertiary/aromatic N) is 1. The third kappa shape index (κ3) is 5.40. The van der Waals surface area contributed by atoms with E-state index in [4.69, 9.17) is 14.9 Å². The van der Waals surface area contributed by atoms with Crippen molar-refractivity contribution in [1.82, 2.24) is 0 Å². The van der Waals surface area contributed by atoms with E-state index < -0.39 is 26.9 Å². The average molecular weight is 387 g/mol. The molecule has 0 radical (unpaired) electrons. The lowest BCUT2D eigenvalue weighted by molar-refractivity contribution is -0.112. The molecule has 0 bridgehead atoms. The Hall–Kier alpha value is -3.68. The lowest BCUT2D eigenvalue weighted by atomic mass is 10.2. The van der Waals surface area contributed by atoms with Gasteiger partial charge in [0.15, 0.2) is 0 Å². The summed E-state index contributed by atoms with van der Waals surface area (Å²) in [5.74, 6) is -1.89. The van der Waals surface area contributed by atoms with E-state index in [1.807, 2.05) is 0 Å². The first-order chi connectivity index (χ1) is 12.7. The fraction of sp³-hybridized carbons (Fsp3) is 0. The largest absolute Gasteiger partial charge is 0.478 e. The highest BCUT2D eigenvalue weighted by Crippen LogP contribution is 2.16. The van der Waals surface area contributed by atoms with Gasteiger partial charge in [-0.1, -0.05) is 6.07 Å². The Labute approximate surface area is 154 Å². The summed E-state index contributed by atoms with van der Waals surface area (Å²) in [7, 11) is -4.43. The van der Waals surface area contributed by atoms with Crippen LogP contribution in [0.3, 0.4) is 0 Å². The van der Waals surface area contributed by atoms with E-state index in [0.717, 1.165) is 18.3 Å². The number of nitrogens with one attached hydrogen (secondary N) is 2. The predicted octanol–water partition coefficient (Wildman–Crippen LogP) is 2.09. The van der Waals surface area contributed by atoms with Gasteiger partial charge in [0.25, 0.3) is 16.0 Å². The van der Waals surface area contributed by atoms with Crippen LogP contribution in [0.25, 0.3) is 0 Å². The average Bonchev–Trinajstić information content (AvgIpc) is 2.62. The van der Waals surface area contributed by atoms with Crippen molar-refractivity contribution in [2.75, 3.05) is 10.6 Å². The zero-order valence-corrected chi connectivity index (χ0v) is 14.4. The minimum atomic E-state index is -4.43. The van der Waals surface area contributed by atoms with Crippen molar-refractivity contribution in [3.8, 4) is 6.07 Å². The third-order valence-electron chi connectivity index (χ3n) is 3.27. The van der Waals surface area contributed by atoms with Crippen LogP contribution in [0.5, 0.6) is 0 Å². The molecule has 0 aliphatic rings. The van der Waals surface area contributed by atoms with E-state index in [-0.39, 0.29) is 16.8 Å². The van der Waals surface area contributed by atoms with Crippen molar-refractivity contribution < 1.29 is 27.7 Å². The Morgan fingerprint density at radius 2 is 1.74 bits per heavy atom. The molecule has 0 aliphatic heterocycles. The molecule has 1 amide bonds. The molecule has 0 saturated heterocycles. The smallest absolute Gasteiger partial charge is 0.335 e. The Kier molecular flexibility index (Phi) is 5.92. The highest BCUT2D eigenvalue weighted by atomic mass is 32.2. The number of hydrogen-bond acceptors (Lipinski definition) is 6. The van der Waals surface area contributed by atoms with Gasteiger partial charge in [-0.3, -0.25) is 9.35 Å². The fourth-order valence-corrected chi connectivity index (χ4v) is 2.47. The van der Waals surface area contributed by atoms with Crippen LogP contribution in [0.1, 0.15) is 10.4 Å². The summed E-state index contributed by atoms with van der Waals surface area (Å²) in [6, 6.07) is 12.2. The molecule has 0 fully saturated rings. The van der Waals surface area contributed by atoms with Gasteiger partial charge < -0.3 is 15.7 Å². The van der Waals surface area contributed by atoms with Gasteiger partial charge in [-0.2, -0.15) is 13.7 Å². The van der Waals surface area contributed by atoms with Crippen molar-refractivity contribution in [3.63, 3.8) is 0 Å². The number of carbonyl (C=O) groups excluding carboxylic acids is 1. The molecule has 0 unspecified atom stereocenters. The molecule has 0 atom stereocenters. The van der Waals surface area contributed by atoms with E-state index in [1.165, 1.54) is 36.4 Å². The second-order valence-electron chi connectivity index (χ2n) is 5.15. The van der Waals surface area contributed by atoms with Crippen molar-refractivity contribution in [2.45, 2.75) is 4.90 Å². The SMILES string of the molecule is N#C/C(=C/Nc1ccc(C(=O)O)cc1)C(=O)Nc1cccc(S(=O)(=O)O)c1. The molecule has 9 nitrogen and oxygen atoms in total. The van der Waals surface area contributed by atoms with Crippen LogP contribution >= 0.6 is 0 Å². The van der Waals surface area contributed by atoms with Crippen LogP contribution in [0.4, 0.5) is 11.4 Å². The Morgan fingerprint density at radius 3 is 2.30 bits per heavy atom. The van der Waals surface area contributed by atoms with Crippen LogP contribution in [0, 0.1) is 11.3 Å². The van der Waals surface area contributed by atoms with Gasteiger partial charge in [-0.25, -0.2) is 4.79 Å². The standard InChI is InChI=1S/C17H13N3O6S/c18-9-12(10-19-13-6-4-11(5-7-13)17(22)23)16(21)20-14-2-1-3-15(8-14)27(24,25)26/h1-8,10,19H,(H,20,21)(H,22,23)(H,24,25,26)/b12-10-. The molecule has 0 spiro atoms. The van der Waals surface area contributed by atoms with Crippen LogP contribution < -0.4 is 10.6 Å². The number of aromatic carboxylic acids is 1. The van der Waals surface area contributed by atoms with E-state index >= 15 is 0 Å². The van der Waals surface area contributed by atoms with Gasteiger partial charge in [0.2, 0.25) is 0 Å². The lowest BCUT2D eigenvalue weighted by Crippen LogP contribution is -2.15. The van der Waals surface area contributed by atoms with Gasteiger partial charge in [-0.15, -0.1) is 0 Å². The molecule has 0 aliphatic carbocycles. The predicted molar refractivity (Wildman–Crippen MR) is 95.6 cm³/mol. The molecule has 138 valence electrons. The number of hydrogen-bond donors (Lipinski definition) is 4. The molecule has 27 heavy (non-hydrogen) atoms. The summed E-state index contributed by atoms with van der Waals surface area (Å²) < 4.78 is 31.3. The van der Waals surface area contributed by atoms with Crippen molar-refractivity contribution >= 4 is 33.4 Å². The maximum atomic E-state index is 12.1. The minimum absolute atomic E-state index is 0.0714. The van der Waals surface area contributed by atoms with Crippen LogP contribution in [-0.4, -0.2) is 30.0 Å². The number of anilines is 2. The highest BCUT2D eigenvalue weighted by molar-refractivity contribution is 7.85. The fourth-order valence-electron chi connectivity index (χ4n) is 1.95. The van der Waals surface area contributed by atoms with E-state index in [0.29, 0.717) is 5.69 Å². The molecule has 2 aromatic rings. The topological polar surface area (TPSA) is 157 Å². The van der Waals surface area contributed by atoms with Gasteiger partial charge in [-0.05, 0) is 42.5 Å².